The number of benzene rings is 1. The summed E-state index contributed by atoms with van der Waals surface area (Å²) < 4.78 is 5.43. The molecule has 36 heavy (non-hydrogen) atoms. The van der Waals surface area contributed by atoms with Crippen LogP contribution in [-0.4, -0.2) is 47.0 Å². The molecule has 7 heteroatoms. The average molecular weight is 500 g/mol. The average Bonchev–Trinajstić information content (AvgIpc) is 2.78. The summed E-state index contributed by atoms with van der Waals surface area (Å²) in [7, 11) is 0. The summed E-state index contributed by atoms with van der Waals surface area (Å²) in [5.74, 6) is -0.409. The SMILES string of the molecule is C=CCN(C(=O)C(CC(C)C)NC(=O)OC(C)(C)C)C(C(=O)NC1CCCCC1)c1ccc(C)cc1. The summed E-state index contributed by atoms with van der Waals surface area (Å²) in [6.07, 6.45) is 6.62. The summed E-state index contributed by atoms with van der Waals surface area (Å²) in [6, 6.07) is 6.09. The number of carbonyl (C=O) groups is 3. The summed E-state index contributed by atoms with van der Waals surface area (Å²) in [6.45, 7) is 15.3. The Balaban J connectivity index is 2.41. The van der Waals surface area contributed by atoms with Gasteiger partial charge in [0.15, 0.2) is 0 Å². The third-order valence-corrected chi connectivity index (χ3v) is 6.21. The normalized spacial score (nSPS) is 16.1. The molecule has 2 rings (SSSR count). The van der Waals surface area contributed by atoms with Crippen molar-refractivity contribution in [2.45, 2.75) is 104 Å². The number of hydrogen-bond donors (Lipinski definition) is 2. The van der Waals surface area contributed by atoms with Gasteiger partial charge >= 0.3 is 6.09 Å². The van der Waals surface area contributed by atoms with Crippen molar-refractivity contribution in [1.29, 1.82) is 0 Å². The van der Waals surface area contributed by atoms with E-state index in [1.165, 1.54) is 11.3 Å². The van der Waals surface area contributed by atoms with Gasteiger partial charge in [-0.25, -0.2) is 4.79 Å². The smallest absolute Gasteiger partial charge is 0.408 e. The quantitative estimate of drug-likeness (QED) is 0.420. The van der Waals surface area contributed by atoms with Crippen molar-refractivity contribution in [3.63, 3.8) is 0 Å². The highest BCUT2D eigenvalue weighted by atomic mass is 16.6. The first-order chi connectivity index (χ1) is 16.9. The molecule has 0 heterocycles. The Bertz CT molecular complexity index is 883. The van der Waals surface area contributed by atoms with Crippen molar-refractivity contribution >= 4 is 17.9 Å². The molecule has 0 spiro atoms. The van der Waals surface area contributed by atoms with Crippen LogP contribution in [0.1, 0.15) is 90.3 Å². The topological polar surface area (TPSA) is 87.7 Å². The van der Waals surface area contributed by atoms with E-state index in [1.807, 2.05) is 45.0 Å². The van der Waals surface area contributed by atoms with Gasteiger partial charge in [-0.3, -0.25) is 9.59 Å². The number of nitrogens with zero attached hydrogens (tertiary/aromatic N) is 1. The maximum absolute atomic E-state index is 14.0. The number of amides is 3. The predicted octanol–water partition coefficient (Wildman–Crippen LogP) is 5.44. The molecule has 7 nitrogen and oxygen atoms in total. The van der Waals surface area contributed by atoms with Gasteiger partial charge in [0.05, 0.1) is 0 Å². The van der Waals surface area contributed by atoms with Crippen molar-refractivity contribution in [1.82, 2.24) is 15.5 Å². The minimum absolute atomic E-state index is 0.103. The van der Waals surface area contributed by atoms with Crippen LogP contribution >= 0.6 is 0 Å². The van der Waals surface area contributed by atoms with Crippen molar-refractivity contribution in [3.8, 4) is 0 Å². The van der Waals surface area contributed by atoms with Crippen molar-refractivity contribution in [2.75, 3.05) is 6.54 Å². The van der Waals surface area contributed by atoms with Gasteiger partial charge in [0.2, 0.25) is 11.8 Å². The minimum Gasteiger partial charge on any atom is -0.444 e. The Hall–Kier alpha value is -2.83. The standard InChI is InChI=1S/C29H45N3O4/c1-8-18-32(27(34)24(19-20(2)3)31-28(35)36-29(5,6)7)25(22-16-14-21(4)15-17-22)26(33)30-23-12-10-9-11-13-23/h8,14-17,20,23-25H,1,9-13,18-19H2,2-7H3,(H,30,33)(H,31,35). The molecular weight excluding hydrogens is 454 g/mol. The zero-order valence-corrected chi connectivity index (χ0v) is 22.9. The zero-order valence-electron chi connectivity index (χ0n) is 22.9. The Morgan fingerprint density at radius 1 is 1.11 bits per heavy atom. The number of aryl methyl sites for hydroxylation is 1. The molecule has 0 aliphatic heterocycles. The first-order valence-electron chi connectivity index (χ1n) is 13.2. The fourth-order valence-electron chi connectivity index (χ4n) is 4.55. The second-order valence-electron chi connectivity index (χ2n) is 11.3. The van der Waals surface area contributed by atoms with Crippen molar-refractivity contribution in [2.24, 2.45) is 5.92 Å². The monoisotopic (exact) mass is 499 g/mol. The Morgan fingerprint density at radius 2 is 1.72 bits per heavy atom. The number of nitrogens with one attached hydrogen (secondary N) is 2. The van der Waals surface area contributed by atoms with Crippen LogP contribution in [0.5, 0.6) is 0 Å². The molecule has 0 bridgehead atoms. The van der Waals surface area contributed by atoms with E-state index < -0.39 is 23.8 Å². The van der Waals surface area contributed by atoms with E-state index in [4.69, 9.17) is 4.74 Å². The Morgan fingerprint density at radius 3 is 2.25 bits per heavy atom. The number of rotatable bonds is 10. The van der Waals surface area contributed by atoms with Crippen LogP contribution < -0.4 is 10.6 Å². The van der Waals surface area contributed by atoms with Gasteiger partial charge in [-0.15, -0.1) is 6.58 Å². The molecule has 2 N–H and O–H groups in total. The van der Waals surface area contributed by atoms with Gasteiger partial charge < -0.3 is 20.3 Å². The molecule has 2 atom stereocenters. The fourth-order valence-corrected chi connectivity index (χ4v) is 4.55. The lowest BCUT2D eigenvalue weighted by Crippen LogP contribution is -2.54. The van der Waals surface area contributed by atoms with Gasteiger partial charge in [0.25, 0.3) is 0 Å². The lowest BCUT2D eigenvalue weighted by Gasteiger charge is -2.35. The largest absolute Gasteiger partial charge is 0.444 e. The van der Waals surface area contributed by atoms with Crippen LogP contribution in [0.25, 0.3) is 0 Å². The lowest BCUT2D eigenvalue weighted by molar-refractivity contribution is -0.142. The number of alkyl carbamates (subject to hydrolysis) is 1. The molecule has 1 saturated carbocycles. The van der Waals surface area contributed by atoms with E-state index in [0.29, 0.717) is 6.42 Å². The van der Waals surface area contributed by atoms with Crippen LogP contribution in [0, 0.1) is 12.8 Å². The molecule has 1 aliphatic rings. The Kier molecular flexibility index (Phi) is 11.0. The minimum atomic E-state index is -0.840. The molecule has 0 saturated heterocycles. The molecule has 0 aromatic heterocycles. The molecular formula is C29H45N3O4. The van der Waals surface area contributed by atoms with E-state index >= 15 is 0 Å². The van der Waals surface area contributed by atoms with Crippen LogP contribution in [0.4, 0.5) is 4.79 Å². The molecule has 2 unspecified atom stereocenters. The number of carbonyl (C=O) groups excluding carboxylic acids is 3. The first kappa shape index (κ1) is 29.4. The zero-order chi connectivity index (χ0) is 26.9. The second kappa shape index (κ2) is 13.5. The molecule has 3 amide bonds. The number of hydrogen-bond acceptors (Lipinski definition) is 4. The van der Waals surface area contributed by atoms with Gasteiger partial charge in [0.1, 0.15) is 17.7 Å². The van der Waals surface area contributed by atoms with Crippen LogP contribution in [0.2, 0.25) is 0 Å². The summed E-state index contributed by atoms with van der Waals surface area (Å²) in [4.78, 5) is 41.8. The fraction of sp³-hybridized carbons (Fsp3) is 0.621. The van der Waals surface area contributed by atoms with E-state index in [0.717, 1.165) is 36.8 Å². The third kappa shape index (κ3) is 9.32. The van der Waals surface area contributed by atoms with E-state index in [-0.39, 0.29) is 30.3 Å². The van der Waals surface area contributed by atoms with Crippen LogP contribution in [0.15, 0.2) is 36.9 Å². The maximum Gasteiger partial charge on any atom is 0.408 e. The third-order valence-electron chi connectivity index (χ3n) is 6.21. The van der Waals surface area contributed by atoms with E-state index in [2.05, 4.69) is 17.2 Å². The van der Waals surface area contributed by atoms with E-state index in [1.54, 1.807) is 26.8 Å². The molecule has 1 aromatic carbocycles. The van der Waals surface area contributed by atoms with E-state index in [9.17, 15) is 14.4 Å². The van der Waals surface area contributed by atoms with Gasteiger partial charge in [-0.1, -0.05) is 69.0 Å². The van der Waals surface area contributed by atoms with Crippen molar-refractivity contribution in [3.05, 3.63) is 48.0 Å². The molecule has 1 fully saturated rings. The first-order valence-corrected chi connectivity index (χ1v) is 13.2. The number of ether oxygens (including phenoxy) is 1. The van der Waals surface area contributed by atoms with Gasteiger partial charge in [0, 0.05) is 12.6 Å². The summed E-state index contributed by atoms with van der Waals surface area (Å²) >= 11 is 0. The predicted molar refractivity (Wildman–Crippen MR) is 143 cm³/mol. The second-order valence-corrected chi connectivity index (χ2v) is 11.3. The van der Waals surface area contributed by atoms with Crippen molar-refractivity contribution < 1.29 is 19.1 Å². The Labute approximate surface area is 217 Å². The van der Waals surface area contributed by atoms with Gasteiger partial charge in [-0.05, 0) is 58.4 Å². The summed E-state index contributed by atoms with van der Waals surface area (Å²) in [5, 5.41) is 5.96. The molecule has 1 aromatic rings. The summed E-state index contributed by atoms with van der Waals surface area (Å²) in [5.41, 5.74) is 1.10. The highest BCUT2D eigenvalue weighted by molar-refractivity contribution is 5.92. The van der Waals surface area contributed by atoms with Crippen LogP contribution in [0.3, 0.4) is 0 Å². The van der Waals surface area contributed by atoms with Crippen LogP contribution in [-0.2, 0) is 14.3 Å². The lowest BCUT2D eigenvalue weighted by atomic mass is 9.94. The molecule has 1 aliphatic carbocycles. The molecule has 200 valence electrons. The highest BCUT2D eigenvalue weighted by Gasteiger charge is 2.36. The molecule has 0 radical (unpaired) electrons. The maximum atomic E-state index is 14.0. The van der Waals surface area contributed by atoms with Gasteiger partial charge in [-0.2, -0.15) is 0 Å². The highest BCUT2D eigenvalue weighted by Crippen LogP contribution is 2.26.